The van der Waals surface area contributed by atoms with Gasteiger partial charge in [-0.3, -0.25) is 9.78 Å². The number of nitrogens with zero attached hydrogens (tertiary/aromatic N) is 1. The van der Waals surface area contributed by atoms with Gasteiger partial charge in [0.2, 0.25) is 0 Å². The first kappa shape index (κ1) is 28.3. The molecule has 0 saturated carbocycles. The zero-order chi connectivity index (χ0) is 24.4. The average molecular weight is 464 g/mol. The molecule has 0 amide bonds. The third kappa shape index (κ3) is 11.0. The van der Waals surface area contributed by atoms with Crippen molar-refractivity contribution in [2.24, 2.45) is 5.92 Å². The molecule has 34 heavy (non-hydrogen) atoms. The Morgan fingerprint density at radius 2 is 1.50 bits per heavy atom. The Morgan fingerprint density at radius 3 is 2.21 bits per heavy atom. The second kappa shape index (κ2) is 17.5. The minimum atomic E-state index is 0.252. The van der Waals surface area contributed by atoms with E-state index >= 15 is 0 Å². The van der Waals surface area contributed by atoms with E-state index in [-0.39, 0.29) is 5.78 Å². The van der Waals surface area contributed by atoms with E-state index < -0.39 is 0 Å². The van der Waals surface area contributed by atoms with Gasteiger partial charge in [-0.2, -0.15) is 0 Å². The number of rotatable bonds is 19. The molecule has 1 aromatic heterocycles. The molecule has 0 N–H and O–H groups in total. The number of ketones is 1. The van der Waals surface area contributed by atoms with Crippen molar-refractivity contribution in [3.8, 4) is 11.3 Å². The summed E-state index contributed by atoms with van der Waals surface area (Å²) in [6.45, 7) is 6.82. The van der Waals surface area contributed by atoms with Crippen molar-refractivity contribution in [1.82, 2.24) is 4.98 Å². The van der Waals surface area contributed by atoms with Crippen LogP contribution in [0.3, 0.4) is 0 Å². The minimum Gasteiger partial charge on any atom is -0.294 e. The molecule has 2 nitrogen and oxygen atoms in total. The van der Waals surface area contributed by atoms with Crippen molar-refractivity contribution in [1.29, 1.82) is 0 Å². The van der Waals surface area contributed by atoms with Crippen LogP contribution in [0.5, 0.6) is 0 Å². The van der Waals surface area contributed by atoms with Gasteiger partial charge in [0.15, 0.2) is 5.78 Å². The highest BCUT2D eigenvalue weighted by atomic mass is 16.1. The molecular weight excluding hydrogens is 414 g/mol. The third-order valence-electron chi connectivity index (χ3n) is 7.19. The lowest BCUT2D eigenvalue weighted by atomic mass is 9.95. The van der Waals surface area contributed by atoms with Crippen molar-refractivity contribution < 1.29 is 4.79 Å². The summed E-state index contributed by atoms with van der Waals surface area (Å²) in [5.41, 5.74) is 4.09. The van der Waals surface area contributed by atoms with E-state index in [0.717, 1.165) is 42.0 Å². The molecule has 188 valence electrons. The fraction of sp³-hybridized carbons (Fsp3) is 0.625. The van der Waals surface area contributed by atoms with E-state index in [0.29, 0.717) is 6.42 Å². The quantitative estimate of drug-likeness (QED) is 0.153. The number of carbonyl (C=O) groups is 1. The van der Waals surface area contributed by atoms with Crippen LogP contribution in [0.1, 0.15) is 133 Å². The number of Topliss-reactive ketones (excluding diaryl/α,β-unsaturated/α-hetero) is 1. The second-order valence-corrected chi connectivity index (χ2v) is 10.2. The van der Waals surface area contributed by atoms with Crippen LogP contribution in [0, 0.1) is 5.92 Å². The summed E-state index contributed by atoms with van der Waals surface area (Å²) in [5.74, 6) is 1.01. The van der Waals surface area contributed by atoms with Gasteiger partial charge in [0.1, 0.15) is 0 Å². The Morgan fingerprint density at radius 1 is 0.824 bits per heavy atom. The summed E-state index contributed by atoms with van der Waals surface area (Å²) < 4.78 is 0. The zero-order valence-electron chi connectivity index (χ0n) is 22.3. The van der Waals surface area contributed by atoms with Crippen LogP contribution < -0.4 is 0 Å². The maximum absolute atomic E-state index is 13.0. The third-order valence-corrected chi connectivity index (χ3v) is 7.19. The molecule has 2 aromatic rings. The van der Waals surface area contributed by atoms with E-state index in [1.807, 2.05) is 24.4 Å². The fourth-order valence-electron chi connectivity index (χ4n) is 4.66. The number of benzene rings is 1. The van der Waals surface area contributed by atoms with E-state index in [2.05, 4.69) is 44.0 Å². The number of aryl methyl sites for hydroxylation is 1. The van der Waals surface area contributed by atoms with Gasteiger partial charge in [-0.1, -0.05) is 122 Å². The predicted molar refractivity (Wildman–Crippen MR) is 147 cm³/mol. The van der Waals surface area contributed by atoms with Gasteiger partial charge in [-0.05, 0) is 42.9 Å². The van der Waals surface area contributed by atoms with Crippen LogP contribution in [0.15, 0.2) is 42.6 Å². The van der Waals surface area contributed by atoms with E-state index in [1.165, 1.54) is 82.6 Å². The molecule has 0 spiro atoms. The van der Waals surface area contributed by atoms with Crippen LogP contribution in [-0.4, -0.2) is 10.8 Å². The number of hydrogen-bond acceptors (Lipinski definition) is 2. The maximum Gasteiger partial charge on any atom is 0.163 e. The number of unbranched alkanes of at least 4 members (excludes halogenated alkanes) is 10. The van der Waals surface area contributed by atoms with Crippen molar-refractivity contribution in [3.05, 3.63) is 53.7 Å². The molecule has 0 aliphatic carbocycles. The summed E-state index contributed by atoms with van der Waals surface area (Å²) in [4.78, 5) is 17.6. The highest BCUT2D eigenvalue weighted by Gasteiger charge is 2.13. The lowest BCUT2D eigenvalue weighted by molar-refractivity contribution is 0.0979. The summed E-state index contributed by atoms with van der Waals surface area (Å²) in [6, 6.07) is 12.4. The summed E-state index contributed by atoms with van der Waals surface area (Å²) in [5, 5.41) is 0. The Labute approximate surface area is 210 Å². The topological polar surface area (TPSA) is 30.0 Å². The Bertz CT molecular complexity index is 812. The van der Waals surface area contributed by atoms with E-state index in [4.69, 9.17) is 0 Å². The lowest BCUT2D eigenvalue weighted by Gasteiger charge is -2.11. The molecule has 0 bridgehead atoms. The number of aromatic nitrogens is 1. The van der Waals surface area contributed by atoms with Crippen LogP contribution in [0.25, 0.3) is 11.3 Å². The van der Waals surface area contributed by atoms with Crippen molar-refractivity contribution in [2.45, 2.75) is 124 Å². The average Bonchev–Trinajstić information content (AvgIpc) is 2.87. The molecule has 1 unspecified atom stereocenters. The lowest BCUT2D eigenvalue weighted by Crippen LogP contribution is -2.03. The summed E-state index contributed by atoms with van der Waals surface area (Å²) >= 11 is 0. The summed E-state index contributed by atoms with van der Waals surface area (Å²) in [6.07, 6.45) is 21.8. The largest absolute Gasteiger partial charge is 0.294 e. The first-order valence-electron chi connectivity index (χ1n) is 14.2. The smallest absolute Gasteiger partial charge is 0.163 e. The van der Waals surface area contributed by atoms with Crippen LogP contribution >= 0.6 is 0 Å². The highest BCUT2D eigenvalue weighted by Crippen LogP contribution is 2.25. The normalized spacial score (nSPS) is 12.1. The molecule has 1 atom stereocenters. The van der Waals surface area contributed by atoms with Gasteiger partial charge in [-0.25, -0.2) is 0 Å². The van der Waals surface area contributed by atoms with Crippen molar-refractivity contribution in [2.75, 3.05) is 0 Å². The summed E-state index contributed by atoms with van der Waals surface area (Å²) in [7, 11) is 0. The number of hydrogen-bond donors (Lipinski definition) is 0. The minimum absolute atomic E-state index is 0.252. The molecule has 0 aliphatic rings. The number of pyridine rings is 1. The van der Waals surface area contributed by atoms with Gasteiger partial charge in [-0.15, -0.1) is 0 Å². The molecule has 2 heteroatoms. The second-order valence-electron chi connectivity index (χ2n) is 10.2. The van der Waals surface area contributed by atoms with Crippen molar-refractivity contribution >= 4 is 5.78 Å². The Kier molecular flexibility index (Phi) is 14.5. The molecule has 1 heterocycles. The molecular formula is C32H49NO. The zero-order valence-corrected chi connectivity index (χ0v) is 22.3. The molecule has 2 rings (SSSR count). The molecule has 0 saturated heterocycles. The standard InChI is InChI=1S/C32H49NO/c1-4-6-7-8-9-10-11-12-13-14-20-28-24-25-33-31(26-28)29-21-16-17-22-30(29)32(34)23-18-15-19-27(3)5-2/h16-17,21-22,24-27H,4-15,18-20,23H2,1-3H3. The number of carbonyl (C=O) groups excluding carboxylic acids is 1. The van der Waals surface area contributed by atoms with Crippen LogP contribution in [0.2, 0.25) is 0 Å². The Hall–Kier alpha value is -1.96. The van der Waals surface area contributed by atoms with E-state index in [9.17, 15) is 4.79 Å². The maximum atomic E-state index is 13.0. The van der Waals surface area contributed by atoms with E-state index in [1.54, 1.807) is 0 Å². The van der Waals surface area contributed by atoms with Gasteiger partial charge in [0.05, 0.1) is 5.69 Å². The predicted octanol–water partition coefficient (Wildman–Crippen LogP) is 10.0. The van der Waals surface area contributed by atoms with Gasteiger partial charge < -0.3 is 0 Å². The first-order valence-corrected chi connectivity index (χ1v) is 14.2. The van der Waals surface area contributed by atoms with Gasteiger partial charge in [0, 0.05) is 23.7 Å². The van der Waals surface area contributed by atoms with Gasteiger partial charge in [0.25, 0.3) is 0 Å². The monoisotopic (exact) mass is 463 g/mol. The SMILES string of the molecule is CCCCCCCCCCCCc1ccnc(-c2ccccc2C(=O)CCCCC(C)CC)c1. The molecule has 0 fully saturated rings. The van der Waals surface area contributed by atoms with Crippen LogP contribution in [-0.2, 0) is 6.42 Å². The first-order chi connectivity index (χ1) is 16.7. The molecule has 0 aliphatic heterocycles. The van der Waals surface area contributed by atoms with Crippen LogP contribution in [0.4, 0.5) is 0 Å². The highest BCUT2D eigenvalue weighted by molar-refractivity contribution is 6.01. The molecule has 0 radical (unpaired) electrons. The fourth-order valence-corrected chi connectivity index (χ4v) is 4.66. The Balaban J connectivity index is 1.81. The van der Waals surface area contributed by atoms with Crippen molar-refractivity contribution in [3.63, 3.8) is 0 Å². The van der Waals surface area contributed by atoms with Gasteiger partial charge >= 0.3 is 0 Å². The molecule has 1 aromatic carbocycles.